The van der Waals surface area contributed by atoms with E-state index in [1.54, 1.807) is 40.7 Å². The first kappa shape index (κ1) is 34.1. The molecule has 1 aliphatic carbocycles. The third-order valence-corrected chi connectivity index (χ3v) is 11.8. The second kappa shape index (κ2) is 13.6. The fraction of sp³-hybridized carbons (Fsp3) is 0.410. The van der Waals surface area contributed by atoms with Crippen molar-refractivity contribution in [1.29, 1.82) is 0 Å². The van der Waals surface area contributed by atoms with E-state index in [1.165, 1.54) is 16.8 Å². The van der Waals surface area contributed by atoms with E-state index in [9.17, 15) is 19.2 Å². The number of amides is 3. The van der Waals surface area contributed by atoms with Crippen LogP contribution in [0.15, 0.2) is 66.0 Å². The number of carbonyl (C=O) groups excluding carboxylic acids is 3. The second-order valence-corrected chi connectivity index (χ2v) is 15.0. The lowest BCUT2D eigenvalue weighted by Crippen LogP contribution is -2.44. The summed E-state index contributed by atoms with van der Waals surface area (Å²) in [6.07, 6.45) is 13.3. The third kappa shape index (κ3) is 6.05. The van der Waals surface area contributed by atoms with Crippen molar-refractivity contribution in [2.24, 2.45) is 13.0 Å². The zero-order valence-electron chi connectivity index (χ0n) is 29.9. The highest BCUT2D eigenvalue weighted by Gasteiger charge is 2.33. The lowest BCUT2D eigenvalue weighted by Gasteiger charge is -2.37. The molecule has 0 bridgehead atoms. The molecule has 2 saturated heterocycles. The zero-order valence-corrected chi connectivity index (χ0v) is 29.9. The van der Waals surface area contributed by atoms with Crippen LogP contribution in [0.5, 0.6) is 0 Å². The molecular weight excluding hydrogens is 691 g/mol. The Morgan fingerprint density at radius 3 is 2.63 bits per heavy atom. The number of likely N-dealkylation sites (tertiary alicyclic amines) is 1. The van der Waals surface area contributed by atoms with Crippen LogP contribution in [0.2, 0.25) is 0 Å². The number of halogens is 1. The lowest BCUT2D eigenvalue weighted by atomic mass is 9.84. The molecule has 0 spiro atoms. The highest BCUT2D eigenvalue weighted by molar-refractivity contribution is 6.08. The number of rotatable bonds is 7. The van der Waals surface area contributed by atoms with Gasteiger partial charge in [-0.25, -0.2) is 18.7 Å². The first-order valence-corrected chi connectivity index (χ1v) is 18.8. The van der Waals surface area contributed by atoms with Crippen LogP contribution in [0.4, 0.5) is 10.1 Å². The molecule has 3 amide bonds. The number of hydrogen-bond acceptors (Lipinski definition) is 8. The number of piperidine rings is 2. The summed E-state index contributed by atoms with van der Waals surface area (Å²) in [7, 11) is 1.77. The monoisotopic (exact) mass is 732 g/mol. The molecule has 0 radical (unpaired) electrons. The zero-order chi connectivity index (χ0) is 37.1. The molecule has 9 rings (SSSR count). The van der Waals surface area contributed by atoms with Crippen molar-refractivity contribution in [3.05, 3.63) is 88.6 Å². The van der Waals surface area contributed by atoms with Crippen molar-refractivity contribution < 1.29 is 18.8 Å². The van der Waals surface area contributed by atoms with Gasteiger partial charge in [-0.3, -0.25) is 33.5 Å². The maximum Gasteiger partial charge on any atom is 0.329 e. The maximum atomic E-state index is 15.1. The fourth-order valence-corrected chi connectivity index (χ4v) is 8.94. The summed E-state index contributed by atoms with van der Waals surface area (Å²) in [6.45, 7) is 3.00. The topological polar surface area (TPSA) is 153 Å². The molecular formula is C39H41FN10O4. The molecule has 3 fully saturated rings. The van der Waals surface area contributed by atoms with E-state index in [4.69, 9.17) is 5.10 Å². The maximum absolute atomic E-state index is 15.1. The van der Waals surface area contributed by atoms with Gasteiger partial charge in [0.15, 0.2) is 5.65 Å². The predicted octanol–water partition coefficient (Wildman–Crippen LogP) is 4.71. The molecule has 6 heterocycles. The Morgan fingerprint density at radius 2 is 1.83 bits per heavy atom. The largest absolute Gasteiger partial charge is 0.329 e. The van der Waals surface area contributed by atoms with E-state index in [0.717, 1.165) is 80.1 Å². The molecule has 1 saturated carbocycles. The van der Waals surface area contributed by atoms with E-state index in [-0.39, 0.29) is 35.3 Å². The highest BCUT2D eigenvalue weighted by atomic mass is 19.1. The van der Waals surface area contributed by atoms with Gasteiger partial charge in [0.25, 0.3) is 5.91 Å². The van der Waals surface area contributed by atoms with Crippen LogP contribution in [-0.4, -0.2) is 75.8 Å². The van der Waals surface area contributed by atoms with Crippen LogP contribution >= 0.6 is 0 Å². The van der Waals surface area contributed by atoms with Crippen molar-refractivity contribution in [1.82, 2.24) is 43.7 Å². The molecule has 4 aromatic heterocycles. The summed E-state index contributed by atoms with van der Waals surface area (Å²) in [5.41, 5.74) is 3.82. The highest BCUT2D eigenvalue weighted by Crippen LogP contribution is 2.37. The van der Waals surface area contributed by atoms with Gasteiger partial charge >= 0.3 is 5.69 Å². The summed E-state index contributed by atoms with van der Waals surface area (Å²) < 4.78 is 21.8. The van der Waals surface area contributed by atoms with Crippen LogP contribution < -0.4 is 16.3 Å². The van der Waals surface area contributed by atoms with Gasteiger partial charge in [0.2, 0.25) is 11.8 Å². The number of hydrogen-bond donors (Lipinski definition) is 2. The average molecular weight is 733 g/mol. The van der Waals surface area contributed by atoms with E-state index in [0.29, 0.717) is 29.4 Å². The van der Waals surface area contributed by atoms with Crippen molar-refractivity contribution >= 4 is 51.0 Å². The quantitative estimate of drug-likeness (QED) is 0.224. The number of benzene rings is 2. The van der Waals surface area contributed by atoms with E-state index in [1.807, 2.05) is 23.0 Å². The first-order chi connectivity index (χ1) is 26.2. The molecule has 54 heavy (non-hydrogen) atoms. The Labute approximate surface area is 308 Å². The number of carbonyl (C=O) groups is 3. The van der Waals surface area contributed by atoms with Gasteiger partial charge in [-0.15, -0.1) is 0 Å². The van der Waals surface area contributed by atoms with E-state index < -0.39 is 23.7 Å². The number of nitrogens with zero attached hydrogens (tertiary/aromatic N) is 8. The van der Waals surface area contributed by atoms with Crippen LogP contribution in [0, 0.1) is 11.7 Å². The summed E-state index contributed by atoms with van der Waals surface area (Å²) in [5.74, 6) is -0.860. The van der Waals surface area contributed by atoms with Crippen LogP contribution in [-0.2, 0) is 16.6 Å². The number of imidazole rings is 1. The summed E-state index contributed by atoms with van der Waals surface area (Å²) >= 11 is 0. The van der Waals surface area contributed by atoms with E-state index in [2.05, 4.69) is 31.7 Å². The number of aromatic nitrogens is 7. The van der Waals surface area contributed by atoms with Crippen LogP contribution in [0.1, 0.15) is 85.3 Å². The normalized spacial score (nSPS) is 21.6. The Hall–Kier alpha value is -5.70. The van der Waals surface area contributed by atoms with Gasteiger partial charge in [-0.05, 0) is 93.6 Å². The average Bonchev–Trinajstić information content (AvgIpc) is 3.87. The van der Waals surface area contributed by atoms with Gasteiger partial charge in [0.05, 0.1) is 34.5 Å². The van der Waals surface area contributed by atoms with Crippen molar-refractivity contribution in [3.8, 4) is 0 Å². The standard InChI is InChI=1S/C39H41FN10O4/c1-46-35-27(4-2-5-32(35)50(39(46)54)33-10-11-34(51)44-38(33)53)24-12-16-47(17-13-24)21-23-6-8-26(9-7-23)49-22-25-18-31(29(40)19-30(25)45-49)43-37(52)28-20-42-48-15-3-14-41-36(28)48/h2-5,14-15,18-20,22-24,26,33H,6-13,16-17,21H2,1H3,(H,43,52)(H,44,51,53). The van der Waals surface area contributed by atoms with Gasteiger partial charge in [0, 0.05) is 50.1 Å². The first-order valence-electron chi connectivity index (χ1n) is 18.8. The van der Waals surface area contributed by atoms with Crippen molar-refractivity contribution in [3.63, 3.8) is 0 Å². The van der Waals surface area contributed by atoms with Gasteiger partial charge < -0.3 is 10.2 Å². The lowest BCUT2D eigenvalue weighted by molar-refractivity contribution is -0.135. The Kier molecular flexibility index (Phi) is 8.60. The molecule has 6 aromatic rings. The number of fused-ring (bicyclic) bond motifs is 3. The second-order valence-electron chi connectivity index (χ2n) is 15.0. The van der Waals surface area contributed by atoms with E-state index >= 15 is 4.39 Å². The molecule has 14 nitrogen and oxygen atoms in total. The Morgan fingerprint density at radius 1 is 1.02 bits per heavy atom. The molecule has 3 aliphatic rings. The predicted molar refractivity (Wildman–Crippen MR) is 199 cm³/mol. The number of nitrogens with one attached hydrogen (secondary N) is 2. The number of aryl methyl sites for hydroxylation is 1. The summed E-state index contributed by atoms with van der Waals surface area (Å²) in [4.78, 5) is 57.7. The molecule has 2 aliphatic heterocycles. The van der Waals surface area contributed by atoms with Crippen LogP contribution in [0.25, 0.3) is 27.6 Å². The van der Waals surface area contributed by atoms with Crippen molar-refractivity contribution in [2.45, 2.75) is 69.4 Å². The van der Waals surface area contributed by atoms with Gasteiger partial charge in [-0.1, -0.05) is 12.1 Å². The number of para-hydroxylation sites is 1. The van der Waals surface area contributed by atoms with Crippen LogP contribution in [0.3, 0.4) is 0 Å². The molecule has 15 heteroatoms. The minimum absolute atomic E-state index is 0.0844. The minimum Gasteiger partial charge on any atom is -0.319 e. The summed E-state index contributed by atoms with van der Waals surface area (Å²) in [5, 5.41) is 14.7. The SMILES string of the molecule is Cn1c(=O)n(C2CCC(=O)NC2=O)c2cccc(C3CCN(CC4CCC(n5cc6cc(NC(=O)c7cnn8cccnc78)c(F)cc6n5)CC4)CC3)c21. The van der Waals surface area contributed by atoms with Gasteiger partial charge in [0.1, 0.15) is 17.4 Å². The molecule has 2 aromatic carbocycles. The summed E-state index contributed by atoms with van der Waals surface area (Å²) in [6, 6.07) is 10.3. The number of imide groups is 1. The molecule has 1 unspecified atom stereocenters. The third-order valence-electron chi connectivity index (χ3n) is 11.8. The van der Waals surface area contributed by atoms with Crippen molar-refractivity contribution in [2.75, 3.05) is 25.0 Å². The molecule has 278 valence electrons. The number of anilines is 1. The minimum atomic E-state index is -0.692. The van der Waals surface area contributed by atoms with Gasteiger partial charge in [-0.2, -0.15) is 10.2 Å². The Balaban J connectivity index is 0.811. The fourth-order valence-electron chi connectivity index (χ4n) is 8.94. The smallest absolute Gasteiger partial charge is 0.319 e. The Bertz CT molecular complexity index is 2500. The molecule has 1 atom stereocenters. The molecule has 2 N–H and O–H groups in total.